The molecule has 0 aliphatic heterocycles. The van der Waals surface area contributed by atoms with Gasteiger partial charge in [0, 0.05) is 24.7 Å². The summed E-state index contributed by atoms with van der Waals surface area (Å²) in [5.41, 5.74) is -0.818. The molecule has 1 aromatic rings. The summed E-state index contributed by atoms with van der Waals surface area (Å²) in [6, 6.07) is 3.43. The fourth-order valence-corrected chi connectivity index (χ4v) is 3.48. The standard InChI is InChI=1S/C16H19NO4/c1-9(18)13-12(20)7-16(3,21)15(10(2)19)14(13)11-5-4-6-17-8-11/h4-6,8,13-15,21H,7H2,1-3H3/t13-,14-,15-,16-/m0/s1. The molecule has 0 amide bonds. The van der Waals surface area contributed by atoms with E-state index in [2.05, 4.69) is 4.98 Å². The van der Waals surface area contributed by atoms with E-state index in [9.17, 15) is 19.5 Å². The summed E-state index contributed by atoms with van der Waals surface area (Å²) in [7, 11) is 0. The molecule has 0 spiro atoms. The number of ketones is 3. The molecule has 0 radical (unpaired) electrons. The van der Waals surface area contributed by atoms with Gasteiger partial charge in [-0.3, -0.25) is 19.4 Å². The molecule has 21 heavy (non-hydrogen) atoms. The van der Waals surface area contributed by atoms with Crippen LogP contribution in [0.4, 0.5) is 0 Å². The number of hydrogen-bond acceptors (Lipinski definition) is 5. The number of Topliss-reactive ketones (excluding diaryl/α,β-unsaturated/α-hetero) is 3. The minimum atomic E-state index is -1.45. The number of carbonyl (C=O) groups is 3. The Hall–Kier alpha value is -1.88. The Bertz CT molecular complexity index is 579. The summed E-state index contributed by atoms with van der Waals surface area (Å²) < 4.78 is 0. The summed E-state index contributed by atoms with van der Waals surface area (Å²) in [5.74, 6) is -3.19. The highest BCUT2D eigenvalue weighted by Gasteiger charge is 2.53. The van der Waals surface area contributed by atoms with Gasteiger partial charge in [-0.05, 0) is 32.4 Å². The van der Waals surface area contributed by atoms with Gasteiger partial charge < -0.3 is 5.11 Å². The molecule has 1 saturated carbocycles. The van der Waals surface area contributed by atoms with E-state index in [1.54, 1.807) is 24.5 Å². The molecule has 1 N–H and O–H groups in total. The zero-order chi connectivity index (χ0) is 15.8. The molecule has 0 unspecified atom stereocenters. The zero-order valence-corrected chi connectivity index (χ0v) is 12.4. The minimum Gasteiger partial charge on any atom is -0.389 e. The molecule has 0 saturated heterocycles. The summed E-state index contributed by atoms with van der Waals surface area (Å²) >= 11 is 0. The van der Waals surface area contributed by atoms with Crippen LogP contribution >= 0.6 is 0 Å². The van der Waals surface area contributed by atoms with Crippen LogP contribution < -0.4 is 0 Å². The number of nitrogens with zero attached hydrogens (tertiary/aromatic N) is 1. The maximum absolute atomic E-state index is 12.3. The van der Waals surface area contributed by atoms with Crippen molar-refractivity contribution in [2.45, 2.75) is 38.7 Å². The number of carbonyl (C=O) groups excluding carboxylic acids is 3. The van der Waals surface area contributed by atoms with E-state index in [1.165, 1.54) is 20.8 Å². The second-order valence-electron chi connectivity index (χ2n) is 5.99. The van der Waals surface area contributed by atoms with E-state index in [-0.39, 0.29) is 23.8 Å². The molecule has 5 nitrogen and oxygen atoms in total. The van der Waals surface area contributed by atoms with Gasteiger partial charge in [0.25, 0.3) is 0 Å². The average molecular weight is 289 g/mol. The fourth-order valence-electron chi connectivity index (χ4n) is 3.48. The van der Waals surface area contributed by atoms with Crippen molar-refractivity contribution in [3.8, 4) is 0 Å². The lowest BCUT2D eigenvalue weighted by atomic mass is 9.60. The Kier molecular flexibility index (Phi) is 4.05. The van der Waals surface area contributed by atoms with Gasteiger partial charge in [-0.2, -0.15) is 0 Å². The topological polar surface area (TPSA) is 84.3 Å². The van der Waals surface area contributed by atoms with Gasteiger partial charge in [0.2, 0.25) is 0 Å². The first-order valence-corrected chi connectivity index (χ1v) is 6.91. The van der Waals surface area contributed by atoms with E-state index >= 15 is 0 Å². The van der Waals surface area contributed by atoms with Crippen LogP contribution in [-0.2, 0) is 14.4 Å². The molecule has 4 atom stereocenters. The predicted molar refractivity (Wildman–Crippen MR) is 75.6 cm³/mol. The van der Waals surface area contributed by atoms with Gasteiger partial charge in [0.1, 0.15) is 17.3 Å². The van der Waals surface area contributed by atoms with E-state index in [0.717, 1.165) is 0 Å². The van der Waals surface area contributed by atoms with Crippen LogP contribution in [0.1, 0.15) is 38.7 Å². The van der Waals surface area contributed by atoms with Crippen molar-refractivity contribution in [3.05, 3.63) is 30.1 Å². The Morgan fingerprint density at radius 1 is 1.33 bits per heavy atom. The summed E-state index contributed by atoms with van der Waals surface area (Å²) in [6.07, 6.45) is 2.95. The molecular formula is C16H19NO4. The van der Waals surface area contributed by atoms with Crippen LogP contribution in [0.3, 0.4) is 0 Å². The van der Waals surface area contributed by atoms with Crippen LogP contribution in [0.25, 0.3) is 0 Å². The Labute approximate surface area is 123 Å². The Morgan fingerprint density at radius 3 is 2.48 bits per heavy atom. The van der Waals surface area contributed by atoms with Crippen molar-refractivity contribution in [3.63, 3.8) is 0 Å². The molecule has 1 heterocycles. The van der Waals surface area contributed by atoms with Gasteiger partial charge in [0.05, 0.1) is 17.4 Å². The van der Waals surface area contributed by atoms with E-state index < -0.39 is 23.4 Å². The monoisotopic (exact) mass is 289 g/mol. The van der Waals surface area contributed by atoms with Crippen molar-refractivity contribution < 1.29 is 19.5 Å². The molecular weight excluding hydrogens is 270 g/mol. The van der Waals surface area contributed by atoms with E-state index in [0.29, 0.717) is 5.56 Å². The third-order valence-corrected chi connectivity index (χ3v) is 4.21. The van der Waals surface area contributed by atoms with Crippen LogP contribution in [0.5, 0.6) is 0 Å². The van der Waals surface area contributed by atoms with Crippen LogP contribution in [0.2, 0.25) is 0 Å². The number of hydrogen-bond donors (Lipinski definition) is 1. The lowest BCUT2D eigenvalue weighted by Gasteiger charge is -2.44. The van der Waals surface area contributed by atoms with E-state index in [4.69, 9.17) is 0 Å². The van der Waals surface area contributed by atoms with Gasteiger partial charge in [-0.25, -0.2) is 0 Å². The number of pyridine rings is 1. The second kappa shape index (κ2) is 5.48. The summed E-state index contributed by atoms with van der Waals surface area (Å²) in [5, 5.41) is 10.5. The fraction of sp³-hybridized carbons (Fsp3) is 0.500. The van der Waals surface area contributed by atoms with Gasteiger partial charge in [0.15, 0.2) is 0 Å². The first-order valence-electron chi connectivity index (χ1n) is 6.91. The van der Waals surface area contributed by atoms with Gasteiger partial charge in [-0.1, -0.05) is 6.07 Å². The van der Waals surface area contributed by atoms with Crippen LogP contribution in [0, 0.1) is 11.8 Å². The molecule has 5 heteroatoms. The first kappa shape index (κ1) is 15.5. The van der Waals surface area contributed by atoms with E-state index in [1.807, 2.05) is 0 Å². The third kappa shape index (κ3) is 2.78. The van der Waals surface area contributed by atoms with Crippen molar-refractivity contribution in [1.82, 2.24) is 4.98 Å². The molecule has 0 bridgehead atoms. The van der Waals surface area contributed by atoms with Crippen molar-refractivity contribution in [2.24, 2.45) is 11.8 Å². The Balaban J connectivity index is 2.61. The average Bonchev–Trinajstić information content (AvgIpc) is 2.36. The van der Waals surface area contributed by atoms with Crippen molar-refractivity contribution in [1.29, 1.82) is 0 Å². The quantitative estimate of drug-likeness (QED) is 0.848. The lowest BCUT2D eigenvalue weighted by molar-refractivity contribution is -0.151. The zero-order valence-electron chi connectivity index (χ0n) is 12.4. The van der Waals surface area contributed by atoms with Crippen LogP contribution in [0.15, 0.2) is 24.5 Å². The summed E-state index contributed by atoms with van der Waals surface area (Å²) in [6.45, 7) is 4.22. The molecule has 1 fully saturated rings. The highest BCUT2D eigenvalue weighted by Crippen LogP contribution is 2.46. The largest absolute Gasteiger partial charge is 0.389 e. The second-order valence-corrected chi connectivity index (χ2v) is 5.99. The highest BCUT2D eigenvalue weighted by molar-refractivity contribution is 6.05. The normalized spacial score (nSPS) is 32.8. The molecule has 1 aromatic heterocycles. The first-order chi connectivity index (χ1) is 9.75. The third-order valence-electron chi connectivity index (χ3n) is 4.21. The molecule has 0 aromatic carbocycles. The maximum atomic E-state index is 12.3. The molecule has 112 valence electrons. The van der Waals surface area contributed by atoms with Gasteiger partial charge >= 0.3 is 0 Å². The van der Waals surface area contributed by atoms with Crippen LogP contribution in [-0.4, -0.2) is 33.0 Å². The van der Waals surface area contributed by atoms with Gasteiger partial charge in [-0.15, -0.1) is 0 Å². The molecule has 1 aliphatic carbocycles. The smallest absolute Gasteiger partial charge is 0.146 e. The number of rotatable bonds is 3. The maximum Gasteiger partial charge on any atom is 0.146 e. The highest BCUT2D eigenvalue weighted by atomic mass is 16.3. The predicted octanol–water partition coefficient (Wildman–Crippen LogP) is 1.30. The van der Waals surface area contributed by atoms with Crippen molar-refractivity contribution >= 4 is 17.3 Å². The SMILES string of the molecule is CC(=O)[C@H]1C(=O)C[C@](C)(O)[C@@H](C(C)=O)[C@H]1c1cccnc1. The minimum absolute atomic E-state index is 0.182. The van der Waals surface area contributed by atoms with Crippen molar-refractivity contribution in [2.75, 3.05) is 0 Å². The Morgan fingerprint density at radius 2 is 2.00 bits per heavy atom. The molecule has 1 aliphatic rings. The molecule has 2 rings (SSSR count). The summed E-state index contributed by atoms with van der Waals surface area (Å²) in [4.78, 5) is 40.3. The number of aromatic nitrogens is 1. The lowest BCUT2D eigenvalue weighted by Crippen LogP contribution is -2.53. The number of aliphatic hydroxyl groups is 1.